The second-order valence-electron chi connectivity index (χ2n) is 8.89. The Morgan fingerprint density at radius 1 is 0.750 bits per heavy atom. The summed E-state index contributed by atoms with van der Waals surface area (Å²) in [4.78, 5) is 27.7. The highest BCUT2D eigenvalue weighted by Crippen LogP contribution is 2.53. The summed E-state index contributed by atoms with van der Waals surface area (Å²) in [6, 6.07) is 16.5. The van der Waals surface area contributed by atoms with Crippen molar-refractivity contribution in [3.63, 3.8) is 0 Å². The molecule has 0 aromatic heterocycles. The average Bonchev–Trinajstić information content (AvgIpc) is 2.72. The Bertz CT molecular complexity index is 1210. The van der Waals surface area contributed by atoms with E-state index in [0.717, 1.165) is 5.56 Å². The maximum atomic E-state index is 14.5. The first-order valence-electron chi connectivity index (χ1n) is 10.2. The van der Waals surface area contributed by atoms with E-state index in [9.17, 15) is 14.2 Å². The zero-order valence-electron chi connectivity index (χ0n) is 18.7. The predicted molar refractivity (Wildman–Crippen MR) is 133 cm³/mol. The van der Waals surface area contributed by atoms with Crippen LogP contribution < -0.4 is 5.30 Å². The van der Waals surface area contributed by atoms with Gasteiger partial charge in [0.1, 0.15) is 0 Å². The van der Waals surface area contributed by atoms with Crippen LogP contribution >= 0.6 is 30.3 Å². The third kappa shape index (κ3) is 4.35. The summed E-state index contributed by atoms with van der Waals surface area (Å²) in [6.07, 6.45) is 0. The minimum atomic E-state index is -4.31. The van der Waals surface area contributed by atoms with Gasteiger partial charge in [0.25, 0.3) is 0 Å². The molecule has 0 radical (unpaired) electrons. The van der Waals surface area contributed by atoms with Crippen molar-refractivity contribution in [3.05, 3.63) is 98.5 Å². The van der Waals surface area contributed by atoms with Crippen LogP contribution in [0.25, 0.3) is 0 Å². The normalized spacial score (nSPS) is 13.5. The lowest BCUT2D eigenvalue weighted by Crippen LogP contribution is -2.23. The van der Waals surface area contributed by atoms with Crippen LogP contribution in [0.15, 0.2) is 60.7 Å². The Labute approximate surface area is 199 Å². The molecule has 0 aliphatic carbocycles. The van der Waals surface area contributed by atoms with Crippen LogP contribution in [0.5, 0.6) is 0 Å². The SMILES string of the molecule is Cc1cc(C(C)(C)C)cc(C)c1C(=O)P(=O)(C(=O)c1c(Cl)cccc1Cl)c1ccccc1. The second kappa shape index (κ2) is 8.98. The largest absolute Gasteiger partial charge is 0.302 e. The van der Waals surface area contributed by atoms with E-state index in [4.69, 9.17) is 23.2 Å². The molecule has 0 fully saturated rings. The smallest absolute Gasteiger partial charge is 0.248 e. The zero-order chi connectivity index (χ0) is 23.8. The van der Waals surface area contributed by atoms with Crippen molar-refractivity contribution in [2.24, 2.45) is 0 Å². The molecule has 6 heteroatoms. The summed E-state index contributed by atoms with van der Waals surface area (Å²) >= 11 is 12.5. The van der Waals surface area contributed by atoms with Crippen LogP contribution in [0, 0.1) is 13.8 Å². The molecule has 0 heterocycles. The van der Waals surface area contributed by atoms with Crippen LogP contribution in [-0.2, 0) is 9.98 Å². The first-order valence-corrected chi connectivity index (χ1v) is 12.7. The van der Waals surface area contributed by atoms with Gasteiger partial charge in [0, 0.05) is 10.9 Å². The number of carbonyl (C=O) groups is 2. The van der Waals surface area contributed by atoms with Gasteiger partial charge in [-0.15, -0.1) is 0 Å². The molecular weight excluding hydrogens is 462 g/mol. The molecule has 3 nitrogen and oxygen atoms in total. The summed E-state index contributed by atoms with van der Waals surface area (Å²) in [5.74, 6) is 0. The number of hydrogen-bond donors (Lipinski definition) is 0. The van der Waals surface area contributed by atoms with E-state index in [1.807, 2.05) is 12.1 Å². The molecule has 32 heavy (non-hydrogen) atoms. The molecule has 3 rings (SSSR count). The van der Waals surface area contributed by atoms with Gasteiger partial charge in [0.2, 0.25) is 18.2 Å². The molecule has 0 bridgehead atoms. The molecule has 0 aliphatic heterocycles. The molecule has 1 atom stereocenters. The Morgan fingerprint density at radius 2 is 1.22 bits per heavy atom. The van der Waals surface area contributed by atoms with Crippen LogP contribution in [0.4, 0.5) is 0 Å². The summed E-state index contributed by atoms with van der Waals surface area (Å²) in [5, 5.41) is 0.274. The average molecular weight is 487 g/mol. The third-order valence-electron chi connectivity index (χ3n) is 5.48. The van der Waals surface area contributed by atoms with Gasteiger partial charge >= 0.3 is 0 Å². The predicted octanol–water partition coefficient (Wildman–Crippen LogP) is 7.58. The minimum Gasteiger partial charge on any atom is -0.302 e. The maximum absolute atomic E-state index is 14.5. The lowest BCUT2D eigenvalue weighted by atomic mass is 9.84. The molecule has 0 saturated carbocycles. The van der Waals surface area contributed by atoms with Gasteiger partial charge in [0.15, 0.2) is 0 Å². The fourth-order valence-corrected chi connectivity index (χ4v) is 6.89. The number of rotatable bonds is 5. The molecule has 3 aromatic carbocycles. The third-order valence-corrected chi connectivity index (χ3v) is 8.73. The monoisotopic (exact) mass is 486 g/mol. The van der Waals surface area contributed by atoms with E-state index in [1.54, 1.807) is 38.1 Å². The van der Waals surface area contributed by atoms with Crippen molar-refractivity contribution < 1.29 is 14.2 Å². The Kier molecular flexibility index (Phi) is 6.86. The Hall–Kier alpha value is -2.19. The van der Waals surface area contributed by atoms with Crippen LogP contribution in [0.2, 0.25) is 10.0 Å². The van der Waals surface area contributed by atoms with Crippen molar-refractivity contribution in [1.29, 1.82) is 0 Å². The lowest BCUT2D eigenvalue weighted by Gasteiger charge is -2.24. The first-order chi connectivity index (χ1) is 14.9. The summed E-state index contributed by atoms with van der Waals surface area (Å²) in [7, 11) is -4.31. The van der Waals surface area contributed by atoms with Crippen LogP contribution in [0.1, 0.15) is 58.2 Å². The summed E-state index contributed by atoms with van der Waals surface area (Å²) < 4.78 is 14.5. The highest BCUT2D eigenvalue weighted by Gasteiger charge is 2.45. The quantitative estimate of drug-likeness (QED) is 0.349. The van der Waals surface area contributed by atoms with E-state index >= 15 is 0 Å². The van der Waals surface area contributed by atoms with E-state index in [2.05, 4.69) is 20.8 Å². The number of aryl methyl sites for hydroxylation is 2. The van der Waals surface area contributed by atoms with Crippen molar-refractivity contribution in [1.82, 2.24) is 0 Å². The van der Waals surface area contributed by atoms with Crippen molar-refractivity contribution in [2.45, 2.75) is 40.0 Å². The van der Waals surface area contributed by atoms with E-state index in [0.29, 0.717) is 16.7 Å². The molecular formula is C26H25Cl2O3P. The van der Waals surface area contributed by atoms with Gasteiger partial charge in [-0.3, -0.25) is 9.59 Å². The second-order valence-corrected chi connectivity index (χ2v) is 12.2. The fraction of sp³-hybridized carbons (Fsp3) is 0.231. The molecule has 0 N–H and O–H groups in total. The number of carbonyl (C=O) groups excluding carboxylic acids is 2. The molecule has 3 aromatic rings. The Morgan fingerprint density at radius 3 is 1.69 bits per heavy atom. The minimum absolute atomic E-state index is 0.0583. The van der Waals surface area contributed by atoms with Crippen molar-refractivity contribution in [3.8, 4) is 0 Å². The maximum Gasteiger partial charge on any atom is 0.248 e. The standard InChI is InChI=1S/C26H25Cl2O3P/c1-16-14-18(26(3,4)5)15-17(2)22(16)24(29)32(31,19-10-7-6-8-11-19)25(30)23-20(27)12-9-13-21(23)28/h6-15H,1-5H3. The van der Waals surface area contributed by atoms with Gasteiger partial charge in [-0.2, -0.15) is 0 Å². The van der Waals surface area contributed by atoms with Gasteiger partial charge in [-0.25, -0.2) is 0 Å². The Balaban J connectivity index is 2.29. The van der Waals surface area contributed by atoms with E-state index in [-0.39, 0.29) is 26.3 Å². The number of halogens is 2. The van der Waals surface area contributed by atoms with Gasteiger partial charge in [-0.1, -0.05) is 92.5 Å². The molecule has 166 valence electrons. The lowest BCUT2D eigenvalue weighted by molar-refractivity contribution is 0.104. The first kappa shape index (κ1) is 24.5. The molecule has 1 unspecified atom stereocenters. The van der Waals surface area contributed by atoms with Gasteiger partial charge < -0.3 is 4.57 Å². The van der Waals surface area contributed by atoms with Gasteiger partial charge in [-0.05, 0) is 48.1 Å². The molecule has 0 aliphatic rings. The topological polar surface area (TPSA) is 51.2 Å². The summed E-state index contributed by atoms with van der Waals surface area (Å²) in [6.45, 7) is 9.86. The highest BCUT2D eigenvalue weighted by atomic mass is 35.5. The van der Waals surface area contributed by atoms with Crippen molar-refractivity contribution in [2.75, 3.05) is 0 Å². The van der Waals surface area contributed by atoms with Gasteiger partial charge in [0.05, 0.1) is 15.6 Å². The highest BCUT2D eigenvalue weighted by molar-refractivity contribution is 8.01. The van der Waals surface area contributed by atoms with E-state index in [1.165, 1.54) is 24.3 Å². The summed E-state index contributed by atoms with van der Waals surface area (Å²) in [5.41, 5.74) is 0.909. The van der Waals surface area contributed by atoms with E-state index < -0.39 is 18.2 Å². The van der Waals surface area contributed by atoms with Crippen LogP contribution in [-0.4, -0.2) is 11.0 Å². The molecule has 0 amide bonds. The zero-order valence-corrected chi connectivity index (χ0v) is 21.1. The molecule has 0 spiro atoms. The van der Waals surface area contributed by atoms with Crippen molar-refractivity contribution >= 4 is 46.7 Å². The number of benzene rings is 3. The number of hydrogen-bond acceptors (Lipinski definition) is 3. The molecule has 0 saturated heterocycles. The fourth-order valence-electron chi connectivity index (χ4n) is 3.72. The van der Waals surface area contributed by atoms with Crippen LogP contribution in [0.3, 0.4) is 0 Å².